The molecule has 1 unspecified atom stereocenters. The van der Waals surface area contributed by atoms with Crippen molar-refractivity contribution in [1.82, 2.24) is 5.32 Å². The third-order valence-corrected chi connectivity index (χ3v) is 4.70. The normalized spacial score (nSPS) is 24.0. The van der Waals surface area contributed by atoms with Gasteiger partial charge in [0.25, 0.3) is 0 Å². The van der Waals surface area contributed by atoms with Crippen molar-refractivity contribution in [3.63, 3.8) is 0 Å². The predicted octanol–water partition coefficient (Wildman–Crippen LogP) is 4.46. The molecule has 0 aliphatic heterocycles. The van der Waals surface area contributed by atoms with E-state index in [0.717, 1.165) is 31.4 Å². The van der Waals surface area contributed by atoms with Crippen LogP contribution in [-0.2, 0) is 4.74 Å². The van der Waals surface area contributed by atoms with E-state index in [2.05, 4.69) is 12.2 Å². The summed E-state index contributed by atoms with van der Waals surface area (Å²) in [7, 11) is 1.97. The van der Waals surface area contributed by atoms with Crippen LogP contribution in [0.1, 0.15) is 37.8 Å². The number of nitrogens with one attached hydrogen (secondary N) is 1. The van der Waals surface area contributed by atoms with Crippen LogP contribution in [0, 0.1) is 5.92 Å². The van der Waals surface area contributed by atoms with Gasteiger partial charge in [-0.3, -0.25) is 0 Å². The molecular formula is C15H21Cl2NO. The Bertz CT molecular complexity index is 419. The van der Waals surface area contributed by atoms with Gasteiger partial charge in [0.15, 0.2) is 0 Å². The molecule has 1 aliphatic rings. The topological polar surface area (TPSA) is 21.3 Å². The van der Waals surface area contributed by atoms with E-state index < -0.39 is 0 Å². The van der Waals surface area contributed by atoms with Crippen LogP contribution in [0.5, 0.6) is 0 Å². The number of hydrogen-bond donors (Lipinski definition) is 1. The van der Waals surface area contributed by atoms with Gasteiger partial charge in [-0.15, -0.1) is 0 Å². The highest BCUT2D eigenvalue weighted by Crippen LogP contribution is 2.39. The monoisotopic (exact) mass is 301 g/mol. The molecule has 0 heterocycles. The van der Waals surface area contributed by atoms with Crippen molar-refractivity contribution in [3.8, 4) is 0 Å². The van der Waals surface area contributed by atoms with Crippen molar-refractivity contribution in [2.75, 3.05) is 13.7 Å². The van der Waals surface area contributed by atoms with Gasteiger partial charge >= 0.3 is 0 Å². The first-order valence-electron chi connectivity index (χ1n) is 6.88. The number of rotatable bonds is 6. The summed E-state index contributed by atoms with van der Waals surface area (Å²) < 4.78 is 5.60. The lowest BCUT2D eigenvalue weighted by atomic mass is 9.77. The van der Waals surface area contributed by atoms with E-state index in [9.17, 15) is 0 Å². The molecule has 1 N–H and O–H groups in total. The Morgan fingerprint density at radius 2 is 2.11 bits per heavy atom. The maximum Gasteiger partial charge on any atom is 0.0640 e. The zero-order valence-electron chi connectivity index (χ0n) is 11.5. The maximum atomic E-state index is 6.29. The van der Waals surface area contributed by atoms with Gasteiger partial charge in [-0.25, -0.2) is 0 Å². The fraction of sp³-hybridized carbons (Fsp3) is 0.600. The average Bonchev–Trinajstić information content (AvgIpc) is 2.36. The third-order valence-electron chi connectivity index (χ3n) is 3.87. The number of halogens is 2. The van der Waals surface area contributed by atoms with E-state index in [0.29, 0.717) is 22.1 Å². The van der Waals surface area contributed by atoms with E-state index in [1.807, 2.05) is 25.2 Å². The molecular weight excluding hydrogens is 281 g/mol. The zero-order chi connectivity index (χ0) is 13.8. The molecule has 1 aliphatic carbocycles. The van der Waals surface area contributed by atoms with Crippen molar-refractivity contribution in [2.45, 2.75) is 38.3 Å². The minimum absolute atomic E-state index is 0.263. The van der Waals surface area contributed by atoms with Crippen molar-refractivity contribution in [1.29, 1.82) is 0 Å². The van der Waals surface area contributed by atoms with E-state index in [1.165, 1.54) is 0 Å². The number of benzene rings is 1. The van der Waals surface area contributed by atoms with Gasteiger partial charge in [0.05, 0.1) is 16.1 Å². The molecule has 1 fully saturated rings. The van der Waals surface area contributed by atoms with Gasteiger partial charge in [-0.1, -0.05) is 35.3 Å². The Morgan fingerprint density at radius 1 is 1.37 bits per heavy atom. The summed E-state index contributed by atoms with van der Waals surface area (Å²) in [6.45, 7) is 2.86. The summed E-state index contributed by atoms with van der Waals surface area (Å²) in [4.78, 5) is 0. The fourth-order valence-electron chi connectivity index (χ4n) is 2.76. The second-order valence-electron chi connectivity index (χ2n) is 5.13. The number of hydrogen-bond acceptors (Lipinski definition) is 2. The first-order chi connectivity index (χ1) is 9.15. The van der Waals surface area contributed by atoms with Crippen molar-refractivity contribution in [3.05, 3.63) is 33.8 Å². The molecule has 0 aromatic heterocycles. The van der Waals surface area contributed by atoms with Crippen LogP contribution in [0.3, 0.4) is 0 Å². The molecule has 0 saturated heterocycles. The van der Waals surface area contributed by atoms with E-state index in [1.54, 1.807) is 0 Å². The van der Waals surface area contributed by atoms with Gasteiger partial charge in [0.1, 0.15) is 0 Å². The zero-order valence-corrected chi connectivity index (χ0v) is 13.0. The molecule has 4 heteroatoms. The van der Waals surface area contributed by atoms with Crippen LogP contribution in [0.2, 0.25) is 10.0 Å². The van der Waals surface area contributed by atoms with Gasteiger partial charge in [0.2, 0.25) is 0 Å². The first kappa shape index (κ1) is 15.1. The van der Waals surface area contributed by atoms with Gasteiger partial charge in [-0.2, -0.15) is 0 Å². The highest BCUT2D eigenvalue weighted by molar-refractivity contribution is 6.42. The summed E-state index contributed by atoms with van der Waals surface area (Å²) in [5.41, 5.74) is 1.09. The van der Waals surface area contributed by atoms with Crippen LogP contribution >= 0.6 is 23.2 Å². The summed E-state index contributed by atoms with van der Waals surface area (Å²) in [5.74, 6) is 0.712. The van der Waals surface area contributed by atoms with Crippen LogP contribution in [0.25, 0.3) is 0 Å². The largest absolute Gasteiger partial charge is 0.378 e. The Morgan fingerprint density at radius 3 is 2.74 bits per heavy atom. The van der Waals surface area contributed by atoms with E-state index in [4.69, 9.17) is 27.9 Å². The molecule has 1 aromatic rings. The van der Waals surface area contributed by atoms with Crippen LogP contribution in [-0.4, -0.2) is 19.8 Å². The highest BCUT2D eigenvalue weighted by atomic mass is 35.5. The van der Waals surface area contributed by atoms with E-state index >= 15 is 0 Å². The minimum atomic E-state index is 0.263. The molecule has 19 heavy (non-hydrogen) atoms. The molecule has 2 rings (SSSR count). The standard InChI is InChI=1S/C15H21Cl2NO/c1-3-19-11-7-10(8-11)9-14(18-2)12-5-4-6-13(16)15(12)17/h4-6,10-11,14,18H,3,7-9H2,1-2H3. The molecule has 106 valence electrons. The molecule has 1 aromatic carbocycles. The summed E-state index contributed by atoms with van der Waals surface area (Å²) >= 11 is 12.4. The maximum absolute atomic E-state index is 6.29. The summed E-state index contributed by atoms with van der Waals surface area (Å²) in [6.07, 6.45) is 3.86. The second kappa shape index (κ2) is 6.94. The molecule has 0 spiro atoms. The van der Waals surface area contributed by atoms with Gasteiger partial charge in [0, 0.05) is 12.6 Å². The Balaban J connectivity index is 1.96. The quantitative estimate of drug-likeness (QED) is 0.837. The van der Waals surface area contributed by atoms with Crippen LogP contribution < -0.4 is 5.32 Å². The molecule has 2 nitrogen and oxygen atoms in total. The SMILES string of the molecule is CCOC1CC(CC(NC)c2cccc(Cl)c2Cl)C1. The predicted molar refractivity (Wildman–Crippen MR) is 81.0 cm³/mol. The Kier molecular flexibility index (Phi) is 5.52. The fourth-order valence-corrected chi connectivity index (χ4v) is 3.20. The Hall–Kier alpha value is -0.280. The van der Waals surface area contributed by atoms with Crippen LogP contribution in [0.4, 0.5) is 0 Å². The van der Waals surface area contributed by atoms with Crippen LogP contribution in [0.15, 0.2) is 18.2 Å². The Labute approximate surface area is 125 Å². The van der Waals surface area contributed by atoms with Gasteiger partial charge < -0.3 is 10.1 Å². The second-order valence-corrected chi connectivity index (χ2v) is 5.92. The van der Waals surface area contributed by atoms with Crippen molar-refractivity contribution < 1.29 is 4.74 Å². The lowest BCUT2D eigenvalue weighted by Gasteiger charge is -2.37. The average molecular weight is 302 g/mol. The molecule has 0 bridgehead atoms. The summed E-state index contributed by atoms with van der Waals surface area (Å²) in [6, 6.07) is 6.10. The summed E-state index contributed by atoms with van der Waals surface area (Å²) in [5, 5.41) is 4.64. The lowest BCUT2D eigenvalue weighted by molar-refractivity contribution is -0.0289. The molecule has 1 saturated carbocycles. The van der Waals surface area contributed by atoms with Crippen molar-refractivity contribution >= 4 is 23.2 Å². The lowest BCUT2D eigenvalue weighted by Crippen LogP contribution is -2.34. The van der Waals surface area contributed by atoms with Gasteiger partial charge in [-0.05, 0) is 50.8 Å². The minimum Gasteiger partial charge on any atom is -0.378 e. The number of ether oxygens (including phenoxy) is 1. The molecule has 0 amide bonds. The van der Waals surface area contributed by atoms with E-state index in [-0.39, 0.29) is 6.04 Å². The first-order valence-corrected chi connectivity index (χ1v) is 7.64. The smallest absolute Gasteiger partial charge is 0.0640 e. The molecule has 0 radical (unpaired) electrons. The van der Waals surface area contributed by atoms with Crippen molar-refractivity contribution in [2.24, 2.45) is 5.92 Å². The molecule has 1 atom stereocenters. The highest BCUT2D eigenvalue weighted by Gasteiger charge is 2.31. The third kappa shape index (κ3) is 3.63.